The molecule has 0 bridgehead atoms. The summed E-state index contributed by atoms with van der Waals surface area (Å²) in [6, 6.07) is 26.1. The van der Waals surface area contributed by atoms with Gasteiger partial charge >= 0.3 is 0 Å². The third kappa shape index (κ3) is 2.69. The lowest BCUT2D eigenvalue weighted by Crippen LogP contribution is -2.02. The number of aryl methyl sites for hydroxylation is 2. The minimum Gasteiger partial charge on any atom is -0.0622 e. The molecule has 0 aliphatic heterocycles. The highest BCUT2D eigenvalue weighted by Crippen LogP contribution is 2.36. The van der Waals surface area contributed by atoms with E-state index in [0.717, 1.165) is 0 Å². The summed E-state index contributed by atoms with van der Waals surface area (Å²) >= 11 is 0. The SMILES string of the molecule is Cc1ccccc1-c1cccc(C)c1C(C)c1ccccc1. The van der Waals surface area contributed by atoms with Crippen molar-refractivity contribution in [3.8, 4) is 11.1 Å². The van der Waals surface area contributed by atoms with Crippen molar-refractivity contribution in [3.05, 3.63) is 95.1 Å². The number of hydrogen-bond donors (Lipinski definition) is 0. The molecule has 3 aromatic rings. The Morgan fingerprint density at radius 2 is 1.18 bits per heavy atom. The predicted molar refractivity (Wildman–Crippen MR) is 95.3 cm³/mol. The Morgan fingerprint density at radius 1 is 0.591 bits per heavy atom. The number of hydrogen-bond acceptors (Lipinski definition) is 0. The van der Waals surface area contributed by atoms with Crippen LogP contribution in [-0.2, 0) is 0 Å². The van der Waals surface area contributed by atoms with E-state index in [1.54, 1.807) is 0 Å². The second-order valence-electron chi connectivity index (χ2n) is 5.98. The molecule has 0 spiro atoms. The van der Waals surface area contributed by atoms with Gasteiger partial charge in [-0.1, -0.05) is 79.7 Å². The normalized spacial score (nSPS) is 12.1. The summed E-state index contributed by atoms with van der Waals surface area (Å²) in [5.41, 5.74) is 8.18. The van der Waals surface area contributed by atoms with Crippen molar-refractivity contribution >= 4 is 0 Å². The molecule has 0 nitrogen and oxygen atoms in total. The van der Waals surface area contributed by atoms with Gasteiger partial charge in [-0.15, -0.1) is 0 Å². The van der Waals surface area contributed by atoms with Gasteiger partial charge in [-0.2, -0.15) is 0 Å². The fourth-order valence-electron chi connectivity index (χ4n) is 3.27. The highest BCUT2D eigenvalue weighted by atomic mass is 14.2. The Kier molecular flexibility index (Phi) is 4.11. The Hall–Kier alpha value is -2.34. The maximum absolute atomic E-state index is 2.31. The van der Waals surface area contributed by atoms with Gasteiger partial charge in [0.25, 0.3) is 0 Å². The minimum atomic E-state index is 0.386. The molecular formula is C22H22. The molecule has 3 aromatic carbocycles. The molecule has 0 N–H and O–H groups in total. The first-order valence-corrected chi connectivity index (χ1v) is 7.89. The summed E-state index contributed by atoms with van der Waals surface area (Å²) in [5, 5.41) is 0. The van der Waals surface area contributed by atoms with Crippen molar-refractivity contribution in [2.45, 2.75) is 26.7 Å². The van der Waals surface area contributed by atoms with Crippen molar-refractivity contribution in [1.29, 1.82) is 0 Å². The van der Waals surface area contributed by atoms with Crippen LogP contribution in [0.2, 0.25) is 0 Å². The van der Waals surface area contributed by atoms with E-state index in [0.29, 0.717) is 5.92 Å². The van der Waals surface area contributed by atoms with Crippen molar-refractivity contribution in [2.75, 3.05) is 0 Å². The van der Waals surface area contributed by atoms with Crippen molar-refractivity contribution < 1.29 is 0 Å². The Bertz CT molecular complexity index is 769. The first-order valence-electron chi connectivity index (χ1n) is 7.89. The van der Waals surface area contributed by atoms with Gasteiger partial charge in [0.1, 0.15) is 0 Å². The maximum atomic E-state index is 2.31. The molecule has 0 amide bonds. The molecule has 0 heteroatoms. The summed E-state index contributed by atoms with van der Waals surface area (Å²) in [5.74, 6) is 0.386. The quantitative estimate of drug-likeness (QED) is 0.544. The molecule has 110 valence electrons. The van der Waals surface area contributed by atoms with Crippen LogP contribution in [0.15, 0.2) is 72.8 Å². The van der Waals surface area contributed by atoms with E-state index in [1.165, 1.54) is 33.4 Å². The highest BCUT2D eigenvalue weighted by molar-refractivity contribution is 5.73. The van der Waals surface area contributed by atoms with Crippen LogP contribution in [0.4, 0.5) is 0 Å². The average Bonchev–Trinajstić information content (AvgIpc) is 2.55. The van der Waals surface area contributed by atoms with Crippen LogP contribution in [0.1, 0.15) is 35.1 Å². The average molecular weight is 286 g/mol. The van der Waals surface area contributed by atoms with E-state index >= 15 is 0 Å². The molecule has 0 heterocycles. The van der Waals surface area contributed by atoms with Gasteiger partial charge in [0.15, 0.2) is 0 Å². The largest absolute Gasteiger partial charge is 0.0622 e. The zero-order valence-corrected chi connectivity index (χ0v) is 13.5. The summed E-state index contributed by atoms with van der Waals surface area (Å²) < 4.78 is 0. The van der Waals surface area contributed by atoms with Crippen LogP contribution >= 0.6 is 0 Å². The third-order valence-corrected chi connectivity index (χ3v) is 4.49. The fourth-order valence-corrected chi connectivity index (χ4v) is 3.27. The molecule has 0 aliphatic carbocycles. The first-order chi connectivity index (χ1) is 10.7. The van der Waals surface area contributed by atoms with E-state index in [1.807, 2.05) is 0 Å². The second-order valence-corrected chi connectivity index (χ2v) is 5.98. The Balaban J connectivity index is 2.18. The van der Waals surface area contributed by atoms with Crippen LogP contribution in [-0.4, -0.2) is 0 Å². The van der Waals surface area contributed by atoms with E-state index in [2.05, 4.69) is 93.6 Å². The van der Waals surface area contributed by atoms with Gasteiger partial charge in [0.05, 0.1) is 0 Å². The molecule has 1 unspecified atom stereocenters. The van der Waals surface area contributed by atoms with Crippen molar-refractivity contribution in [1.82, 2.24) is 0 Å². The van der Waals surface area contributed by atoms with Crippen molar-refractivity contribution in [3.63, 3.8) is 0 Å². The Morgan fingerprint density at radius 3 is 1.91 bits per heavy atom. The van der Waals surface area contributed by atoms with Gasteiger partial charge in [0.2, 0.25) is 0 Å². The topological polar surface area (TPSA) is 0 Å². The van der Waals surface area contributed by atoms with Crippen molar-refractivity contribution in [2.24, 2.45) is 0 Å². The second kappa shape index (κ2) is 6.19. The summed E-state index contributed by atoms with van der Waals surface area (Å²) in [4.78, 5) is 0. The molecule has 3 rings (SSSR count). The van der Waals surface area contributed by atoms with Gasteiger partial charge in [0, 0.05) is 5.92 Å². The Labute approximate surface area is 133 Å². The van der Waals surface area contributed by atoms with Gasteiger partial charge < -0.3 is 0 Å². The van der Waals surface area contributed by atoms with E-state index in [-0.39, 0.29) is 0 Å². The number of rotatable bonds is 3. The minimum absolute atomic E-state index is 0.386. The van der Waals surface area contributed by atoms with E-state index in [9.17, 15) is 0 Å². The smallest absolute Gasteiger partial charge is 0.00697 e. The summed E-state index contributed by atoms with van der Waals surface area (Å²) in [6.07, 6.45) is 0. The predicted octanol–water partition coefficient (Wildman–Crippen LogP) is 6.12. The molecule has 22 heavy (non-hydrogen) atoms. The molecule has 0 fully saturated rings. The highest BCUT2D eigenvalue weighted by Gasteiger charge is 2.16. The lowest BCUT2D eigenvalue weighted by atomic mass is 9.83. The van der Waals surface area contributed by atoms with E-state index in [4.69, 9.17) is 0 Å². The lowest BCUT2D eigenvalue weighted by molar-refractivity contribution is 0.912. The first kappa shape index (κ1) is 14.6. The molecule has 1 atom stereocenters. The van der Waals surface area contributed by atoms with Crippen LogP contribution in [0.5, 0.6) is 0 Å². The van der Waals surface area contributed by atoms with Gasteiger partial charge in [-0.3, -0.25) is 0 Å². The number of benzene rings is 3. The zero-order chi connectivity index (χ0) is 15.5. The monoisotopic (exact) mass is 286 g/mol. The molecular weight excluding hydrogens is 264 g/mol. The third-order valence-electron chi connectivity index (χ3n) is 4.49. The molecule has 0 aromatic heterocycles. The van der Waals surface area contributed by atoms with Crippen LogP contribution in [0, 0.1) is 13.8 Å². The van der Waals surface area contributed by atoms with Gasteiger partial charge in [-0.25, -0.2) is 0 Å². The lowest BCUT2D eigenvalue weighted by Gasteiger charge is -2.21. The van der Waals surface area contributed by atoms with E-state index < -0.39 is 0 Å². The summed E-state index contributed by atoms with van der Waals surface area (Å²) in [6.45, 7) is 6.71. The van der Waals surface area contributed by atoms with Crippen LogP contribution in [0.25, 0.3) is 11.1 Å². The summed E-state index contributed by atoms with van der Waals surface area (Å²) in [7, 11) is 0. The molecule has 0 saturated heterocycles. The molecule has 0 saturated carbocycles. The standard InChI is InChI=1S/C22H22/c1-16-10-7-8-14-20(16)21-15-9-11-17(2)22(21)18(3)19-12-5-4-6-13-19/h4-15,18H,1-3H3. The van der Waals surface area contributed by atoms with Crippen LogP contribution in [0.3, 0.4) is 0 Å². The molecule has 0 aliphatic rings. The fraction of sp³-hybridized carbons (Fsp3) is 0.182. The van der Waals surface area contributed by atoms with Crippen LogP contribution < -0.4 is 0 Å². The zero-order valence-electron chi connectivity index (χ0n) is 13.5. The maximum Gasteiger partial charge on any atom is 0.00697 e. The van der Waals surface area contributed by atoms with Gasteiger partial charge in [-0.05, 0) is 47.2 Å². The molecule has 0 radical (unpaired) electrons.